The summed E-state index contributed by atoms with van der Waals surface area (Å²) in [6, 6.07) is -0.843. The number of hydrogen-bond acceptors (Lipinski definition) is 3. The predicted octanol–water partition coefficient (Wildman–Crippen LogP) is 1.09. The average Bonchev–Trinajstić information content (AvgIpc) is 2.10. The van der Waals surface area contributed by atoms with Gasteiger partial charge in [-0.05, 0) is 18.4 Å². The summed E-state index contributed by atoms with van der Waals surface area (Å²) in [6.45, 7) is -1.25. The van der Waals surface area contributed by atoms with E-state index >= 15 is 0 Å². The Hall–Kier alpha value is -0.430. The minimum absolute atomic E-state index is 0.391. The van der Waals surface area contributed by atoms with Crippen molar-refractivity contribution in [2.24, 2.45) is 5.73 Å². The molecule has 1 unspecified atom stereocenters. The number of nitrogens with two attached hydrogens (primary N) is 1. The molecule has 0 aliphatic carbocycles. The zero-order valence-electron chi connectivity index (χ0n) is 8.67. The maximum absolute atomic E-state index is 11.9. The fourth-order valence-corrected chi connectivity index (χ4v) is 1.49. The third-order valence-corrected chi connectivity index (χ3v) is 2.39. The standard InChI is InChI=1S/C8H15F3N2OS/c1-13(5-8(9,10)11)7(14)6(12)3-4-15-2/h6H,3-5,12H2,1-2H3. The van der Waals surface area contributed by atoms with Gasteiger partial charge in [-0.15, -0.1) is 0 Å². The van der Waals surface area contributed by atoms with E-state index in [0.29, 0.717) is 17.1 Å². The second kappa shape index (κ2) is 6.22. The first kappa shape index (κ1) is 14.6. The number of thioether (sulfide) groups is 1. The fraction of sp³-hybridized carbons (Fsp3) is 0.875. The predicted molar refractivity (Wildman–Crippen MR) is 54.7 cm³/mol. The first-order valence-electron chi connectivity index (χ1n) is 4.34. The van der Waals surface area contributed by atoms with Crippen LogP contribution in [0.25, 0.3) is 0 Å². The van der Waals surface area contributed by atoms with Gasteiger partial charge in [-0.3, -0.25) is 4.79 Å². The molecule has 3 nitrogen and oxygen atoms in total. The SMILES string of the molecule is CSCCC(N)C(=O)N(C)CC(F)(F)F. The van der Waals surface area contributed by atoms with Gasteiger partial charge in [-0.25, -0.2) is 0 Å². The molecule has 0 radical (unpaired) electrons. The summed E-state index contributed by atoms with van der Waals surface area (Å²) >= 11 is 1.50. The molecular formula is C8H15F3N2OS. The van der Waals surface area contributed by atoms with Crippen LogP contribution in [-0.4, -0.2) is 48.6 Å². The molecule has 0 heterocycles. The summed E-state index contributed by atoms with van der Waals surface area (Å²) < 4.78 is 35.8. The van der Waals surface area contributed by atoms with Crippen LogP contribution < -0.4 is 5.73 Å². The first-order chi connectivity index (χ1) is 6.78. The van der Waals surface area contributed by atoms with Crippen LogP contribution in [0.2, 0.25) is 0 Å². The molecule has 0 aliphatic heterocycles. The van der Waals surface area contributed by atoms with Crippen LogP contribution in [0.5, 0.6) is 0 Å². The highest BCUT2D eigenvalue weighted by molar-refractivity contribution is 7.98. The second-order valence-corrected chi connectivity index (χ2v) is 4.18. The Balaban J connectivity index is 4.08. The van der Waals surface area contributed by atoms with E-state index in [1.54, 1.807) is 0 Å². The van der Waals surface area contributed by atoms with Crippen LogP contribution in [0.3, 0.4) is 0 Å². The lowest BCUT2D eigenvalue weighted by molar-refractivity contribution is -0.159. The van der Waals surface area contributed by atoms with Gasteiger partial charge in [0.25, 0.3) is 0 Å². The van der Waals surface area contributed by atoms with Gasteiger partial charge in [0.15, 0.2) is 0 Å². The molecule has 0 rings (SSSR count). The molecule has 0 spiro atoms. The second-order valence-electron chi connectivity index (χ2n) is 3.20. The molecule has 0 saturated carbocycles. The maximum atomic E-state index is 11.9. The van der Waals surface area contributed by atoms with Crippen molar-refractivity contribution in [1.82, 2.24) is 4.90 Å². The van der Waals surface area contributed by atoms with Crippen LogP contribution in [0.15, 0.2) is 0 Å². The van der Waals surface area contributed by atoms with Crippen LogP contribution >= 0.6 is 11.8 Å². The molecule has 0 bridgehead atoms. The third kappa shape index (κ3) is 6.62. The number of halogens is 3. The average molecular weight is 244 g/mol. The van der Waals surface area contributed by atoms with Crippen molar-refractivity contribution in [3.63, 3.8) is 0 Å². The number of carbonyl (C=O) groups is 1. The Kier molecular flexibility index (Phi) is 6.04. The molecule has 0 saturated heterocycles. The zero-order valence-corrected chi connectivity index (χ0v) is 9.49. The number of amides is 1. The molecule has 1 amide bonds. The minimum Gasteiger partial charge on any atom is -0.335 e. The zero-order chi connectivity index (χ0) is 12.1. The molecule has 0 fully saturated rings. The minimum atomic E-state index is -4.37. The van der Waals surface area contributed by atoms with E-state index in [1.807, 2.05) is 6.26 Å². The molecule has 90 valence electrons. The van der Waals surface area contributed by atoms with E-state index in [9.17, 15) is 18.0 Å². The van der Waals surface area contributed by atoms with Gasteiger partial charge >= 0.3 is 6.18 Å². The highest BCUT2D eigenvalue weighted by atomic mass is 32.2. The van der Waals surface area contributed by atoms with Crippen LogP contribution in [0.4, 0.5) is 13.2 Å². The first-order valence-corrected chi connectivity index (χ1v) is 5.73. The monoisotopic (exact) mass is 244 g/mol. The summed E-state index contributed by atoms with van der Waals surface area (Å²) in [5, 5.41) is 0. The van der Waals surface area contributed by atoms with Gasteiger partial charge in [0, 0.05) is 7.05 Å². The number of likely N-dealkylation sites (N-methyl/N-ethyl adjacent to an activating group) is 1. The summed E-state index contributed by atoms with van der Waals surface area (Å²) in [4.78, 5) is 11.9. The third-order valence-electron chi connectivity index (χ3n) is 1.74. The highest BCUT2D eigenvalue weighted by Gasteiger charge is 2.32. The fourth-order valence-electron chi connectivity index (χ4n) is 0.998. The largest absolute Gasteiger partial charge is 0.406 e. The molecule has 7 heteroatoms. The quantitative estimate of drug-likeness (QED) is 0.787. The number of rotatable bonds is 5. The maximum Gasteiger partial charge on any atom is 0.406 e. The summed E-state index contributed by atoms with van der Waals surface area (Å²) in [5.41, 5.74) is 5.45. The van der Waals surface area contributed by atoms with Crippen molar-refractivity contribution in [1.29, 1.82) is 0 Å². The van der Waals surface area contributed by atoms with E-state index in [-0.39, 0.29) is 0 Å². The van der Waals surface area contributed by atoms with Gasteiger partial charge in [-0.1, -0.05) is 0 Å². The molecule has 1 atom stereocenters. The van der Waals surface area contributed by atoms with Crippen molar-refractivity contribution in [3.8, 4) is 0 Å². The normalized spacial score (nSPS) is 13.7. The van der Waals surface area contributed by atoms with Crippen LogP contribution in [-0.2, 0) is 4.79 Å². The van der Waals surface area contributed by atoms with E-state index < -0.39 is 24.7 Å². The van der Waals surface area contributed by atoms with Gasteiger partial charge in [0.05, 0.1) is 6.04 Å². The number of nitrogens with zero attached hydrogens (tertiary/aromatic N) is 1. The Bertz CT molecular complexity index is 211. The number of hydrogen-bond donors (Lipinski definition) is 1. The summed E-state index contributed by atoms with van der Waals surface area (Å²) in [7, 11) is 1.11. The van der Waals surface area contributed by atoms with Gasteiger partial charge in [0.1, 0.15) is 6.54 Å². The van der Waals surface area contributed by atoms with Crippen molar-refractivity contribution in [3.05, 3.63) is 0 Å². The van der Waals surface area contributed by atoms with Gasteiger partial charge < -0.3 is 10.6 Å². The Morgan fingerprint density at radius 2 is 2.07 bits per heavy atom. The molecule has 0 aromatic carbocycles. The molecule has 15 heavy (non-hydrogen) atoms. The van der Waals surface area contributed by atoms with Crippen LogP contribution in [0.1, 0.15) is 6.42 Å². The van der Waals surface area contributed by atoms with E-state index in [0.717, 1.165) is 7.05 Å². The Morgan fingerprint density at radius 1 is 1.53 bits per heavy atom. The lowest BCUT2D eigenvalue weighted by Gasteiger charge is -2.22. The van der Waals surface area contributed by atoms with Gasteiger partial charge in [-0.2, -0.15) is 24.9 Å². The smallest absolute Gasteiger partial charge is 0.335 e. The Morgan fingerprint density at radius 3 is 2.47 bits per heavy atom. The Labute approximate surface area is 91.2 Å². The lowest BCUT2D eigenvalue weighted by atomic mass is 10.2. The topological polar surface area (TPSA) is 46.3 Å². The van der Waals surface area contributed by atoms with Crippen molar-refractivity contribution in [2.45, 2.75) is 18.6 Å². The molecule has 0 aromatic heterocycles. The summed E-state index contributed by atoms with van der Waals surface area (Å²) in [5.74, 6) is -0.00590. The molecular weight excluding hydrogens is 229 g/mol. The summed E-state index contributed by atoms with van der Waals surface area (Å²) in [6.07, 6.45) is -2.14. The molecule has 0 aromatic rings. The number of carbonyl (C=O) groups excluding carboxylic acids is 1. The molecule has 0 aliphatic rings. The van der Waals surface area contributed by atoms with Crippen molar-refractivity contribution in [2.75, 3.05) is 25.6 Å². The number of alkyl halides is 3. The van der Waals surface area contributed by atoms with E-state index in [1.165, 1.54) is 11.8 Å². The van der Waals surface area contributed by atoms with Crippen molar-refractivity contribution < 1.29 is 18.0 Å². The van der Waals surface area contributed by atoms with Crippen molar-refractivity contribution >= 4 is 17.7 Å². The molecule has 2 N–H and O–H groups in total. The lowest BCUT2D eigenvalue weighted by Crippen LogP contribution is -2.45. The van der Waals surface area contributed by atoms with Gasteiger partial charge in [0.2, 0.25) is 5.91 Å². The van der Waals surface area contributed by atoms with E-state index in [4.69, 9.17) is 5.73 Å². The van der Waals surface area contributed by atoms with Crippen LogP contribution in [0, 0.1) is 0 Å². The van der Waals surface area contributed by atoms with E-state index in [2.05, 4.69) is 0 Å². The highest BCUT2D eigenvalue weighted by Crippen LogP contribution is 2.16.